The van der Waals surface area contributed by atoms with Gasteiger partial charge in [-0.05, 0) is 72.7 Å². The molecule has 2 nitrogen and oxygen atoms in total. The van der Waals surface area contributed by atoms with E-state index in [0.29, 0.717) is 19.6 Å². The summed E-state index contributed by atoms with van der Waals surface area (Å²) in [6.45, 7) is 6.54. The Kier molecular flexibility index (Phi) is 7.16. The number of hydrogen-bond acceptors (Lipinski definition) is 2. The molecule has 1 unspecified atom stereocenters. The standard InChI is InChI=1S/C30H30F2O2/c1-4-33-28-16-14-22(19-26(28)31)30(23-15-17-29(34-5-2)27(32)20-23)18-10-6-7-11-21(3)24-12-8-9-13-25(24)30/h6-17,19-21H,4-5,18H2,1-3H3/b10-6-,11-7-. The van der Waals surface area contributed by atoms with E-state index in [9.17, 15) is 0 Å². The van der Waals surface area contributed by atoms with Crippen LogP contribution in [-0.2, 0) is 5.41 Å². The largest absolute Gasteiger partial charge is 0.491 e. The molecule has 0 radical (unpaired) electrons. The first-order valence-corrected chi connectivity index (χ1v) is 11.8. The summed E-state index contributed by atoms with van der Waals surface area (Å²) in [4.78, 5) is 0. The highest BCUT2D eigenvalue weighted by atomic mass is 19.1. The SMILES string of the molecule is CCOc1ccc(C2(c3ccc(OCC)c(F)c3)C/C=C\C=C/C(C)c3ccccc32)cc1F. The van der Waals surface area contributed by atoms with Crippen molar-refractivity contribution in [1.29, 1.82) is 0 Å². The van der Waals surface area contributed by atoms with Crippen LogP contribution in [0.5, 0.6) is 11.5 Å². The van der Waals surface area contributed by atoms with Crippen molar-refractivity contribution in [3.8, 4) is 11.5 Å². The Labute approximate surface area is 200 Å². The number of allylic oxidation sites excluding steroid dienone is 4. The number of ether oxygens (including phenoxy) is 2. The van der Waals surface area contributed by atoms with Crippen LogP contribution in [0.4, 0.5) is 8.78 Å². The normalized spacial score (nSPS) is 18.7. The summed E-state index contributed by atoms with van der Waals surface area (Å²) >= 11 is 0. The number of benzene rings is 3. The summed E-state index contributed by atoms with van der Waals surface area (Å²) < 4.78 is 41.3. The molecule has 4 rings (SSSR count). The van der Waals surface area contributed by atoms with Crippen LogP contribution in [0.2, 0.25) is 0 Å². The van der Waals surface area contributed by atoms with Crippen LogP contribution in [0.1, 0.15) is 55.4 Å². The average molecular weight is 461 g/mol. The maximum absolute atomic E-state index is 15.2. The van der Waals surface area contributed by atoms with Gasteiger partial charge in [0.2, 0.25) is 0 Å². The average Bonchev–Trinajstić information content (AvgIpc) is 2.91. The summed E-state index contributed by atoms with van der Waals surface area (Å²) in [5.41, 5.74) is 2.80. The van der Waals surface area contributed by atoms with E-state index in [2.05, 4.69) is 31.2 Å². The fourth-order valence-corrected chi connectivity index (χ4v) is 4.84. The molecule has 4 heteroatoms. The third kappa shape index (κ3) is 4.37. The summed E-state index contributed by atoms with van der Waals surface area (Å²) in [5, 5.41) is 0. The van der Waals surface area contributed by atoms with Gasteiger partial charge in [0.15, 0.2) is 23.1 Å². The van der Waals surface area contributed by atoms with Gasteiger partial charge in [0.25, 0.3) is 0 Å². The third-order valence-electron chi connectivity index (χ3n) is 6.43. The van der Waals surface area contributed by atoms with Crippen LogP contribution in [0.3, 0.4) is 0 Å². The summed E-state index contributed by atoms with van der Waals surface area (Å²) in [5.74, 6) is -0.323. The van der Waals surface area contributed by atoms with Gasteiger partial charge in [-0.1, -0.05) is 67.6 Å². The molecule has 0 fully saturated rings. The molecule has 0 saturated heterocycles. The van der Waals surface area contributed by atoms with Crippen molar-refractivity contribution in [3.05, 3.63) is 119 Å². The molecule has 0 amide bonds. The van der Waals surface area contributed by atoms with Crippen molar-refractivity contribution >= 4 is 0 Å². The molecule has 0 aromatic heterocycles. The molecule has 0 heterocycles. The Morgan fingerprint density at radius 1 is 0.824 bits per heavy atom. The lowest BCUT2D eigenvalue weighted by Crippen LogP contribution is -2.31. The second-order valence-electron chi connectivity index (χ2n) is 8.45. The van der Waals surface area contributed by atoms with E-state index in [4.69, 9.17) is 9.47 Å². The second-order valence-corrected chi connectivity index (χ2v) is 8.45. The van der Waals surface area contributed by atoms with Gasteiger partial charge in [-0.2, -0.15) is 0 Å². The molecule has 34 heavy (non-hydrogen) atoms. The number of hydrogen-bond donors (Lipinski definition) is 0. The molecule has 0 spiro atoms. The summed E-state index contributed by atoms with van der Waals surface area (Å²) in [6, 6.07) is 18.3. The van der Waals surface area contributed by atoms with Crippen LogP contribution in [0, 0.1) is 11.6 Å². The van der Waals surface area contributed by atoms with Crippen molar-refractivity contribution in [1.82, 2.24) is 0 Å². The Morgan fingerprint density at radius 3 is 1.97 bits per heavy atom. The first kappa shape index (κ1) is 23.7. The fraction of sp³-hybridized carbons (Fsp3) is 0.267. The Bertz CT molecular complexity index is 1160. The van der Waals surface area contributed by atoms with Crippen LogP contribution in [-0.4, -0.2) is 13.2 Å². The van der Waals surface area contributed by atoms with Crippen molar-refractivity contribution in [2.45, 2.75) is 38.5 Å². The number of rotatable bonds is 6. The van der Waals surface area contributed by atoms with Gasteiger partial charge in [-0.25, -0.2) is 8.78 Å². The second kappa shape index (κ2) is 10.3. The smallest absolute Gasteiger partial charge is 0.165 e. The molecule has 0 aliphatic heterocycles. The lowest BCUT2D eigenvalue weighted by Gasteiger charge is -2.37. The zero-order valence-corrected chi connectivity index (χ0v) is 19.9. The van der Waals surface area contributed by atoms with E-state index in [1.807, 2.05) is 50.3 Å². The first-order chi connectivity index (χ1) is 16.5. The molecule has 0 N–H and O–H groups in total. The monoisotopic (exact) mass is 460 g/mol. The lowest BCUT2D eigenvalue weighted by molar-refractivity contribution is 0.320. The fourth-order valence-electron chi connectivity index (χ4n) is 4.84. The highest BCUT2D eigenvalue weighted by Gasteiger charge is 2.39. The van der Waals surface area contributed by atoms with Crippen molar-refractivity contribution < 1.29 is 18.3 Å². The highest BCUT2D eigenvalue weighted by molar-refractivity contribution is 5.57. The van der Waals surface area contributed by atoms with Gasteiger partial charge in [0.1, 0.15) is 0 Å². The Hall–Kier alpha value is -3.40. The number of fused-ring (bicyclic) bond motifs is 1. The van der Waals surface area contributed by atoms with E-state index >= 15 is 8.78 Å². The quantitative estimate of drug-likeness (QED) is 0.375. The molecule has 3 aromatic carbocycles. The predicted molar refractivity (Wildman–Crippen MR) is 133 cm³/mol. The van der Waals surface area contributed by atoms with Crippen LogP contribution < -0.4 is 9.47 Å². The summed E-state index contributed by atoms with van der Waals surface area (Å²) in [7, 11) is 0. The van der Waals surface area contributed by atoms with Crippen LogP contribution in [0.15, 0.2) is 85.0 Å². The molecule has 176 valence electrons. The van der Waals surface area contributed by atoms with E-state index < -0.39 is 17.0 Å². The van der Waals surface area contributed by atoms with E-state index in [1.165, 1.54) is 12.1 Å². The zero-order chi connectivity index (χ0) is 24.1. The van der Waals surface area contributed by atoms with Gasteiger partial charge < -0.3 is 9.47 Å². The number of halogens is 2. The summed E-state index contributed by atoms with van der Waals surface area (Å²) in [6.07, 6.45) is 8.78. The minimum absolute atomic E-state index is 0.124. The lowest BCUT2D eigenvalue weighted by atomic mass is 9.65. The Morgan fingerprint density at radius 2 is 1.41 bits per heavy atom. The van der Waals surface area contributed by atoms with E-state index in [0.717, 1.165) is 22.3 Å². The van der Waals surface area contributed by atoms with Crippen molar-refractivity contribution in [2.75, 3.05) is 13.2 Å². The van der Waals surface area contributed by atoms with Crippen LogP contribution >= 0.6 is 0 Å². The molecule has 1 atom stereocenters. The van der Waals surface area contributed by atoms with Gasteiger partial charge in [0.05, 0.1) is 13.2 Å². The highest BCUT2D eigenvalue weighted by Crippen LogP contribution is 2.47. The maximum Gasteiger partial charge on any atom is 0.165 e. The van der Waals surface area contributed by atoms with Crippen LogP contribution in [0.25, 0.3) is 0 Å². The first-order valence-electron chi connectivity index (χ1n) is 11.8. The molecular formula is C30H30F2O2. The molecule has 0 bridgehead atoms. The predicted octanol–water partition coefficient (Wildman–Crippen LogP) is 7.72. The molecule has 1 aliphatic rings. The van der Waals surface area contributed by atoms with Gasteiger partial charge in [-0.3, -0.25) is 0 Å². The minimum atomic E-state index is -0.815. The Balaban J connectivity index is 2.04. The van der Waals surface area contributed by atoms with Crippen molar-refractivity contribution in [3.63, 3.8) is 0 Å². The van der Waals surface area contributed by atoms with Crippen molar-refractivity contribution in [2.24, 2.45) is 0 Å². The molecule has 3 aromatic rings. The maximum atomic E-state index is 15.2. The third-order valence-corrected chi connectivity index (χ3v) is 6.43. The molecular weight excluding hydrogens is 430 g/mol. The molecule has 0 saturated carbocycles. The minimum Gasteiger partial charge on any atom is -0.491 e. The molecule has 1 aliphatic carbocycles. The van der Waals surface area contributed by atoms with Gasteiger partial charge in [-0.15, -0.1) is 0 Å². The topological polar surface area (TPSA) is 18.5 Å². The van der Waals surface area contributed by atoms with E-state index in [1.54, 1.807) is 12.1 Å². The van der Waals surface area contributed by atoms with E-state index in [-0.39, 0.29) is 17.4 Å². The van der Waals surface area contributed by atoms with Gasteiger partial charge >= 0.3 is 0 Å². The van der Waals surface area contributed by atoms with Gasteiger partial charge in [0, 0.05) is 5.41 Å². The zero-order valence-electron chi connectivity index (χ0n) is 19.9.